The molecule has 1 fully saturated rings. The highest BCUT2D eigenvalue weighted by molar-refractivity contribution is 6.31. The number of aromatic nitrogens is 1. The van der Waals surface area contributed by atoms with Crippen LogP contribution in [0.15, 0.2) is 36.7 Å². The lowest BCUT2D eigenvalue weighted by atomic mass is 9.95. The number of amides is 2. The molecule has 0 radical (unpaired) electrons. The predicted octanol–water partition coefficient (Wildman–Crippen LogP) is 5.05. The zero-order chi connectivity index (χ0) is 18.5. The minimum absolute atomic E-state index is 0.0309. The number of hydrogen-bond acceptors (Lipinski definition) is 2. The van der Waals surface area contributed by atoms with Crippen LogP contribution in [-0.4, -0.2) is 22.0 Å². The van der Waals surface area contributed by atoms with Crippen LogP contribution in [0.4, 0.5) is 23.7 Å². The number of rotatable bonds is 1. The molecule has 0 saturated carbocycles. The van der Waals surface area contributed by atoms with Crippen LogP contribution in [0.5, 0.6) is 0 Å². The van der Waals surface area contributed by atoms with Gasteiger partial charge < -0.3 is 10.2 Å². The Labute approximate surface area is 153 Å². The zero-order valence-electron chi connectivity index (χ0n) is 13.6. The van der Waals surface area contributed by atoms with Gasteiger partial charge in [-0.15, -0.1) is 0 Å². The van der Waals surface area contributed by atoms with Crippen LogP contribution in [0.2, 0.25) is 5.02 Å². The number of pyridine rings is 1. The quantitative estimate of drug-likeness (QED) is 0.751. The third kappa shape index (κ3) is 2.90. The van der Waals surface area contributed by atoms with Crippen molar-refractivity contribution in [2.45, 2.75) is 37.5 Å². The molecule has 0 aliphatic carbocycles. The summed E-state index contributed by atoms with van der Waals surface area (Å²) < 4.78 is 38.4. The largest absolute Gasteiger partial charge is 0.417 e. The van der Waals surface area contributed by atoms with E-state index in [2.05, 4.69) is 10.3 Å². The van der Waals surface area contributed by atoms with E-state index < -0.39 is 16.8 Å². The summed E-state index contributed by atoms with van der Waals surface area (Å²) in [7, 11) is 0. The Kier molecular flexibility index (Phi) is 4.06. The molecule has 2 aliphatic rings. The van der Waals surface area contributed by atoms with E-state index in [0.717, 1.165) is 42.5 Å². The fraction of sp³-hybridized carbons (Fsp3) is 0.333. The normalized spacial score (nSPS) is 21.5. The third-order valence-electron chi connectivity index (χ3n) is 5.02. The second-order valence-electron chi connectivity index (χ2n) is 6.56. The lowest BCUT2D eigenvalue weighted by Crippen LogP contribution is -2.44. The second-order valence-corrected chi connectivity index (χ2v) is 6.96. The molecule has 4 rings (SSSR count). The fourth-order valence-electron chi connectivity index (χ4n) is 3.89. The van der Waals surface area contributed by atoms with Crippen molar-refractivity contribution in [2.24, 2.45) is 0 Å². The van der Waals surface area contributed by atoms with Gasteiger partial charge in [-0.2, -0.15) is 13.2 Å². The summed E-state index contributed by atoms with van der Waals surface area (Å²) in [5, 5.41) is 2.25. The van der Waals surface area contributed by atoms with Gasteiger partial charge in [-0.25, -0.2) is 4.79 Å². The first-order chi connectivity index (χ1) is 12.3. The zero-order valence-corrected chi connectivity index (χ0v) is 14.3. The molecular formula is C18H15ClF3N3O. The molecule has 3 heterocycles. The van der Waals surface area contributed by atoms with E-state index in [4.69, 9.17) is 11.6 Å². The number of carbonyl (C=O) groups excluding carboxylic acids is 1. The van der Waals surface area contributed by atoms with Crippen LogP contribution in [0, 0.1) is 0 Å². The Morgan fingerprint density at radius 3 is 2.81 bits per heavy atom. The molecule has 2 unspecified atom stereocenters. The van der Waals surface area contributed by atoms with Gasteiger partial charge in [0.05, 0.1) is 16.6 Å². The van der Waals surface area contributed by atoms with E-state index in [1.54, 1.807) is 11.1 Å². The first-order valence-corrected chi connectivity index (χ1v) is 8.61. The molecule has 0 spiro atoms. The highest BCUT2D eigenvalue weighted by Crippen LogP contribution is 2.43. The predicted molar refractivity (Wildman–Crippen MR) is 91.0 cm³/mol. The van der Waals surface area contributed by atoms with Crippen molar-refractivity contribution in [3.63, 3.8) is 0 Å². The molecule has 4 nitrogen and oxygen atoms in total. The van der Waals surface area contributed by atoms with Gasteiger partial charge in [0.15, 0.2) is 0 Å². The number of alkyl halides is 3. The molecule has 1 N–H and O–H groups in total. The summed E-state index contributed by atoms with van der Waals surface area (Å²) >= 11 is 5.73. The molecule has 26 heavy (non-hydrogen) atoms. The second kappa shape index (κ2) is 6.16. The molecule has 2 aromatic rings. The molecular weight excluding hydrogens is 367 g/mol. The van der Waals surface area contributed by atoms with E-state index in [1.807, 2.05) is 12.3 Å². The number of nitrogens with zero attached hydrogens (tertiary/aromatic N) is 2. The van der Waals surface area contributed by atoms with Crippen LogP contribution in [0.25, 0.3) is 0 Å². The van der Waals surface area contributed by atoms with E-state index in [-0.39, 0.29) is 23.8 Å². The molecule has 8 heteroatoms. The topological polar surface area (TPSA) is 45.2 Å². The van der Waals surface area contributed by atoms with Gasteiger partial charge in [0.25, 0.3) is 0 Å². The molecule has 2 amide bonds. The molecule has 2 aliphatic heterocycles. The van der Waals surface area contributed by atoms with E-state index in [1.165, 1.54) is 6.07 Å². The molecule has 136 valence electrons. The van der Waals surface area contributed by atoms with E-state index >= 15 is 0 Å². The highest BCUT2D eigenvalue weighted by atomic mass is 35.5. The number of urea groups is 1. The lowest BCUT2D eigenvalue weighted by molar-refractivity contribution is -0.137. The number of hydrogen-bond donors (Lipinski definition) is 1. The van der Waals surface area contributed by atoms with Gasteiger partial charge in [-0.05, 0) is 54.7 Å². The maximum Gasteiger partial charge on any atom is 0.417 e. The smallest absolute Gasteiger partial charge is 0.314 e. The van der Waals surface area contributed by atoms with Crippen molar-refractivity contribution in [3.8, 4) is 0 Å². The Morgan fingerprint density at radius 1 is 1.27 bits per heavy atom. The summed E-state index contributed by atoms with van der Waals surface area (Å²) in [6, 6.07) is 4.87. The standard InChI is InChI=1S/C18H15ClF3N3O/c19-15-8-11(1-3-14(15)18(20,21)22)24-17(26)25-12-2-4-16(25)13-5-6-23-9-10(13)7-12/h1,3,5-6,8-9,12,16H,2,4,7H2,(H,24,26). The molecule has 1 aromatic carbocycles. The van der Waals surface area contributed by atoms with Gasteiger partial charge >= 0.3 is 12.2 Å². The van der Waals surface area contributed by atoms with Crippen molar-refractivity contribution in [1.29, 1.82) is 0 Å². The summed E-state index contributed by atoms with van der Waals surface area (Å²) in [6.07, 6.45) is 1.52. The maximum atomic E-state index is 12.8. The molecule has 2 bridgehead atoms. The summed E-state index contributed by atoms with van der Waals surface area (Å²) in [4.78, 5) is 18.7. The summed E-state index contributed by atoms with van der Waals surface area (Å²) in [5.74, 6) is 0. The minimum atomic E-state index is -4.52. The minimum Gasteiger partial charge on any atom is -0.314 e. The van der Waals surface area contributed by atoms with Crippen molar-refractivity contribution in [2.75, 3.05) is 5.32 Å². The van der Waals surface area contributed by atoms with Gasteiger partial charge in [0.2, 0.25) is 0 Å². The van der Waals surface area contributed by atoms with Gasteiger partial charge in [-0.3, -0.25) is 4.98 Å². The number of fused-ring (bicyclic) bond motifs is 4. The van der Waals surface area contributed by atoms with Crippen LogP contribution in [0.3, 0.4) is 0 Å². The van der Waals surface area contributed by atoms with E-state index in [0.29, 0.717) is 0 Å². The average Bonchev–Trinajstić information content (AvgIpc) is 2.89. The van der Waals surface area contributed by atoms with Crippen molar-refractivity contribution in [3.05, 3.63) is 58.4 Å². The Morgan fingerprint density at radius 2 is 2.08 bits per heavy atom. The Hall–Kier alpha value is -2.28. The number of nitrogens with one attached hydrogen (secondary N) is 1. The first-order valence-electron chi connectivity index (χ1n) is 8.23. The van der Waals surface area contributed by atoms with Gasteiger partial charge in [0, 0.05) is 24.1 Å². The summed E-state index contributed by atoms with van der Waals surface area (Å²) in [5.41, 5.74) is 1.57. The van der Waals surface area contributed by atoms with Gasteiger partial charge in [0.1, 0.15) is 0 Å². The number of benzene rings is 1. The molecule has 1 aromatic heterocycles. The SMILES string of the molecule is O=C(Nc1ccc(C(F)(F)F)c(Cl)c1)N1C2CCC1c1ccncc1C2. The van der Waals surface area contributed by atoms with Crippen LogP contribution in [0.1, 0.15) is 35.6 Å². The fourth-order valence-corrected chi connectivity index (χ4v) is 4.18. The van der Waals surface area contributed by atoms with Crippen molar-refractivity contribution in [1.82, 2.24) is 9.88 Å². The Balaban J connectivity index is 1.56. The maximum absolute atomic E-state index is 12.8. The third-order valence-corrected chi connectivity index (χ3v) is 5.33. The average molecular weight is 382 g/mol. The highest BCUT2D eigenvalue weighted by Gasteiger charge is 2.42. The van der Waals surface area contributed by atoms with Crippen LogP contribution < -0.4 is 5.32 Å². The molecule has 2 atom stereocenters. The van der Waals surface area contributed by atoms with Crippen LogP contribution >= 0.6 is 11.6 Å². The van der Waals surface area contributed by atoms with Crippen molar-refractivity contribution < 1.29 is 18.0 Å². The van der Waals surface area contributed by atoms with Crippen LogP contribution in [-0.2, 0) is 12.6 Å². The monoisotopic (exact) mass is 381 g/mol. The first kappa shape index (κ1) is 17.1. The number of anilines is 1. The number of carbonyl (C=O) groups is 1. The van der Waals surface area contributed by atoms with E-state index in [9.17, 15) is 18.0 Å². The lowest BCUT2D eigenvalue weighted by Gasteiger charge is -2.36. The van der Waals surface area contributed by atoms with Gasteiger partial charge in [-0.1, -0.05) is 11.6 Å². The number of halogens is 4. The van der Waals surface area contributed by atoms with Crippen molar-refractivity contribution >= 4 is 23.3 Å². The molecule has 1 saturated heterocycles. The Bertz CT molecular complexity index is 871. The summed E-state index contributed by atoms with van der Waals surface area (Å²) in [6.45, 7) is 0.